The summed E-state index contributed by atoms with van der Waals surface area (Å²) in [6.45, 7) is 9.14. The highest BCUT2D eigenvalue weighted by atomic mass is 79.9. The molecule has 1 N–H and O–H groups in total. The molecule has 0 fully saturated rings. The molecule has 1 rings (SSSR count). The van der Waals surface area contributed by atoms with E-state index in [4.69, 9.17) is 0 Å². The Morgan fingerprint density at radius 3 is 2.40 bits per heavy atom. The zero-order valence-corrected chi connectivity index (χ0v) is 14.9. The Kier molecular flexibility index (Phi) is 6.27. The minimum Gasteiger partial charge on any atom is -0.349 e. The first-order chi connectivity index (χ1) is 9.23. The molecular formula is C15H26BrN3O. The number of amides is 1. The number of carbonyl (C=O) groups excluding carboxylic acids is 1. The van der Waals surface area contributed by atoms with Crippen molar-refractivity contribution in [3.8, 4) is 0 Å². The van der Waals surface area contributed by atoms with Gasteiger partial charge in [-0.1, -0.05) is 13.8 Å². The van der Waals surface area contributed by atoms with Crippen LogP contribution in [0.3, 0.4) is 0 Å². The van der Waals surface area contributed by atoms with E-state index in [1.807, 2.05) is 30.9 Å². The van der Waals surface area contributed by atoms with E-state index in [0.717, 1.165) is 4.47 Å². The number of halogens is 1. The monoisotopic (exact) mass is 343 g/mol. The highest BCUT2D eigenvalue weighted by Crippen LogP contribution is 2.19. The zero-order chi connectivity index (χ0) is 15.4. The molecular weight excluding hydrogens is 318 g/mol. The highest BCUT2D eigenvalue weighted by Gasteiger charge is 2.19. The van der Waals surface area contributed by atoms with Crippen molar-refractivity contribution in [1.82, 2.24) is 14.8 Å². The van der Waals surface area contributed by atoms with Crippen LogP contribution in [0.1, 0.15) is 44.2 Å². The van der Waals surface area contributed by atoms with Gasteiger partial charge < -0.3 is 14.8 Å². The van der Waals surface area contributed by atoms with E-state index in [0.29, 0.717) is 24.2 Å². The first-order valence-corrected chi connectivity index (χ1v) is 7.85. The molecule has 0 saturated heterocycles. The number of nitrogens with one attached hydrogen (secondary N) is 1. The maximum atomic E-state index is 12.4. The Bertz CT molecular complexity index is 444. The molecule has 20 heavy (non-hydrogen) atoms. The fraction of sp³-hybridized carbons (Fsp3) is 0.667. The van der Waals surface area contributed by atoms with Gasteiger partial charge >= 0.3 is 0 Å². The van der Waals surface area contributed by atoms with Crippen LogP contribution in [0.25, 0.3) is 0 Å². The third-order valence-electron chi connectivity index (χ3n) is 3.51. The third-order valence-corrected chi connectivity index (χ3v) is 3.94. The molecule has 0 aliphatic carbocycles. The summed E-state index contributed by atoms with van der Waals surface area (Å²) in [5.41, 5.74) is 0.702. The Labute approximate surface area is 130 Å². The second-order valence-corrected chi connectivity index (χ2v) is 6.95. The lowest BCUT2D eigenvalue weighted by molar-refractivity contribution is 0.0924. The summed E-state index contributed by atoms with van der Waals surface area (Å²) < 4.78 is 2.92. The van der Waals surface area contributed by atoms with Crippen molar-refractivity contribution in [1.29, 1.82) is 0 Å². The molecule has 0 bridgehead atoms. The lowest BCUT2D eigenvalue weighted by Gasteiger charge is -2.28. The van der Waals surface area contributed by atoms with Gasteiger partial charge in [0.2, 0.25) is 0 Å². The number of carbonyl (C=O) groups is 1. The van der Waals surface area contributed by atoms with Crippen LogP contribution < -0.4 is 5.32 Å². The van der Waals surface area contributed by atoms with Crippen molar-refractivity contribution < 1.29 is 4.79 Å². The van der Waals surface area contributed by atoms with Crippen molar-refractivity contribution in [3.05, 3.63) is 22.4 Å². The van der Waals surface area contributed by atoms with Crippen LogP contribution in [0, 0.1) is 5.92 Å². The number of rotatable bonds is 6. The van der Waals surface area contributed by atoms with E-state index < -0.39 is 0 Å². The van der Waals surface area contributed by atoms with Crippen molar-refractivity contribution in [2.24, 2.45) is 5.92 Å². The topological polar surface area (TPSA) is 37.3 Å². The molecule has 1 unspecified atom stereocenters. The Balaban J connectivity index is 2.77. The van der Waals surface area contributed by atoms with E-state index in [1.165, 1.54) is 0 Å². The third kappa shape index (κ3) is 4.35. The van der Waals surface area contributed by atoms with E-state index in [9.17, 15) is 4.79 Å². The summed E-state index contributed by atoms with van der Waals surface area (Å²) in [7, 11) is 4.09. The Hall–Kier alpha value is -0.810. The van der Waals surface area contributed by atoms with Crippen LogP contribution in [0.2, 0.25) is 0 Å². The fourth-order valence-electron chi connectivity index (χ4n) is 2.36. The van der Waals surface area contributed by atoms with Crippen LogP contribution >= 0.6 is 15.9 Å². The highest BCUT2D eigenvalue weighted by molar-refractivity contribution is 9.10. The molecule has 0 spiro atoms. The van der Waals surface area contributed by atoms with E-state index >= 15 is 0 Å². The quantitative estimate of drug-likeness (QED) is 0.861. The first-order valence-electron chi connectivity index (χ1n) is 7.06. The molecule has 4 nitrogen and oxygen atoms in total. The molecule has 1 amide bonds. The molecule has 0 saturated carbocycles. The van der Waals surface area contributed by atoms with Crippen molar-refractivity contribution in [2.75, 3.05) is 20.6 Å². The molecule has 0 radical (unpaired) electrons. The number of nitrogens with zero attached hydrogens (tertiary/aromatic N) is 2. The summed E-state index contributed by atoms with van der Waals surface area (Å²) in [5.74, 6) is 0.478. The van der Waals surface area contributed by atoms with Crippen LogP contribution in [0.4, 0.5) is 0 Å². The van der Waals surface area contributed by atoms with Crippen LogP contribution in [-0.4, -0.2) is 42.1 Å². The van der Waals surface area contributed by atoms with E-state index in [-0.39, 0.29) is 11.9 Å². The van der Waals surface area contributed by atoms with Gasteiger partial charge in [0.25, 0.3) is 5.91 Å². The number of hydrogen-bond donors (Lipinski definition) is 1. The Morgan fingerprint density at radius 1 is 1.35 bits per heavy atom. The SMILES string of the molecule is CC(C)C(CNC(=O)c1cc(Br)cn1C(C)C)N(C)C. The predicted octanol–water partition coefficient (Wildman–Crippen LogP) is 3.15. The lowest BCUT2D eigenvalue weighted by atomic mass is 10.0. The number of aromatic nitrogens is 1. The second-order valence-electron chi connectivity index (χ2n) is 6.03. The molecule has 0 aliphatic heterocycles. The average Bonchev–Trinajstić information content (AvgIpc) is 2.70. The minimum atomic E-state index is -0.0168. The van der Waals surface area contributed by atoms with Gasteiger partial charge in [0, 0.05) is 29.3 Å². The maximum Gasteiger partial charge on any atom is 0.268 e. The van der Waals surface area contributed by atoms with Crippen molar-refractivity contribution in [3.63, 3.8) is 0 Å². The molecule has 0 aromatic carbocycles. The molecule has 1 atom stereocenters. The maximum absolute atomic E-state index is 12.4. The predicted molar refractivity (Wildman–Crippen MR) is 87.2 cm³/mol. The number of likely N-dealkylation sites (N-methyl/N-ethyl adjacent to an activating group) is 1. The number of hydrogen-bond acceptors (Lipinski definition) is 2. The van der Waals surface area contributed by atoms with Gasteiger partial charge in [0.05, 0.1) is 0 Å². The van der Waals surface area contributed by atoms with Crippen LogP contribution in [0.5, 0.6) is 0 Å². The largest absolute Gasteiger partial charge is 0.349 e. The van der Waals surface area contributed by atoms with Crippen LogP contribution in [-0.2, 0) is 0 Å². The summed E-state index contributed by atoms with van der Waals surface area (Å²) in [5, 5.41) is 3.05. The van der Waals surface area contributed by atoms with Gasteiger partial charge in [-0.3, -0.25) is 4.79 Å². The standard InChI is InChI=1S/C15H26BrN3O/c1-10(2)14(18(5)6)8-17-15(20)13-7-12(16)9-19(13)11(3)4/h7,9-11,14H,8H2,1-6H3,(H,17,20). The van der Waals surface area contributed by atoms with Gasteiger partial charge in [-0.05, 0) is 55.9 Å². The zero-order valence-electron chi connectivity index (χ0n) is 13.3. The van der Waals surface area contributed by atoms with Gasteiger partial charge in [0.1, 0.15) is 5.69 Å². The van der Waals surface area contributed by atoms with E-state index in [1.54, 1.807) is 0 Å². The lowest BCUT2D eigenvalue weighted by Crippen LogP contribution is -2.43. The molecule has 1 aromatic heterocycles. The second kappa shape index (κ2) is 7.27. The van der Waals surface area contributed by atoms with Crippen molar-refractivity contribution >= 4 is 21.8 Å². The summed E-state index contributed by atoms with van der Waals surface area (Å²) in [6, 6.07) is 2.47. The van der Waals surface area contributed by atoms with Crippen molar-refractivity contribution in [2.45, 2.75) is 39.8 Å². The van der Waals surface area contributed by atoms with E-state index in [2.05, 4.69) is 53.8 Å². The summed E-state index contributed by atoms with van der Waals surface area (Å²) >= 11 is 3.44. The van der Waals surface area contributed by atoms with Gasteiger partial charge in [-0.2, -0.15) is 0 Å². The van der Waals surface area contributed by atoms with Gasteiger partial charge in [-0.15, -0.1) is 0 Å². The molecule has 1 aromatic rings. The van der Waals surface area contributed by atoms with Gasteiger partial charge in [0.15, 0.2) is 0 Å². The van der Waals surface area contributed by atoms with Crippen LogP contribution in [0.15, 0.2) is 16.7 Å². The first kappa shape index (κ1) is 17.2. The Morgan fingerprint density at radius 2 is 1.95 bits per heavy atom. The summed E-state index contributed by atoms with van der Waals surface area (Å²) in [6.07, 6.45) is 1.95. The summed E-state index contributed by atoms with van der Waals surface area (Å²) in [4.78, 5) is 14.5. The normalized spacial score (nSPS) is 13.3. The molecule has 1 heterocycles. The fourth-order valence-corrected chi connectivity index (χ4v) is 2.79. The molecule has 114 valence electrons. The smallest absolute Gasteiger partial charge is 0.268 e. The molecule has 5 heteroatoms. The average molecular weight is 344 g/mol. The molecule has 0 aliphatic rings. The van der Waals surface area contributed by atoms with Gasteiger partial charge in [-0.25, -0.2) is 0 Å². The minimum absolute atomic E-state index is 0.0168.